The van der Waals surface area contributed by atoms with Crippen molar-refractivity contribution < 1.29 is 22.1 Å². The molecule has 1 heterocycles. The molecule has 0 aliphatic heterocycles. The molecule has 0 aliphatic rings. The fraction of sp³-hybridized carbons (Fsp3) is 0.333. The standard InChI is InChI=1S/C24H27ClN2O6S/c1-16-10-12-19(13-11-16)34(29,30)33-17(2)32-20-9-7-6-8-18(20)15-31-21-14-26-27(24(3,4)5)23(28)22(21)25/h6-14,17H,15H2,1-5H3. The Morgan fingerprint density at radius 2 is 1.71 bits per heavy atom. The molecule has 0 saturated carbocycles. The van der Waals surface area contributed by atoms with Gasteiger partial charge in [0.1, 0.15) is 12.4 Å². The predicted octanol–water partition coefficient (Wildman–Crippen LogP) is 4.67. The van der Waals surface area contributed by atoms with Crippen molar-refractivity contribution in [2.45, 2.75) is 58.0 Å². The summed E-state index contributed by atoms with van der Waals surface area (Å²) in [6, 6.07) is 13.2. The summed E-state index contributed by atoms with van der Waals surface area (Å²) >= 11 is 6.22. The molecule has 1 unspecified atom stereocenters. The van der Waals surface area contributed by atoms with Gasteiger partial charge in [-0.3, -0.25) is 4.79 Å². The molecule has 0 saturated heterocycles. The lowest BCUT2D eigenvalue weighted by Gasteiger charge is -2.21. The largest absolute Gasteiger partial charge is 0.485 e. The fourth-order valence-electron chi connectivity index (χ4n) is 3.03. The molecular weight excluding hydrogens is 480 g/mol. The summed E-state index contributed by atoms with van der Waals surface area (Å²) in [4.78, 5) is 12.6. The van der Waals surface area contributed by atoms with Crippen molar-refractivity contribution in [2.24, 2.45) is 0 Å². The lowest BCUT2D eigenvalue weighted by Crippen LogP contribution is -2.36. The van der Waals surface area contributed by atoms with Crippen molar-refractivity contribution >= 4 is 21.7 Å². The maximum Gasteiger partial charge on any atom is 0.300 e. The van der Waals surface area contributed by atoms with Crippen LogP contribution in [0.25, 0.3) is 0 Å². The SMILES string of the molecule is Cc1ccc(S(=O)(=O)OC(C)Oc2ccccc2COc2cnn(C(C)(C)C)c(=O)c2Cl)cc1. The van der Waals surface area contributed by atoms with Crippen LogP contribution in [0.2, 0.25) is 5.02 Å². The molecule has 3 rings (SSSR count). The van der Waals surface area contributed by atoms with E-state index in [1.54, 1.807) is 36.4 Å². The number of halogens is 1. The van der Waals surface area contributed by atoms with Crippen molar-refractivity contribution in [2.75, 3.05) is 0 Å². The second-order valence-electron chi connectivity index (χ2n) is 8.66. The van der Waals surface area contributed by atoms with Gasteiger partial charge in [-0.1, -0.05) is 47.5 Å². The van der Waals surface area contributed by atoms with Gasteiger partial charge in [-0.25, -0.2) is 8.86 Å². The van der Waals surface area contributed by atoms with Gasteiger partial charge < -0.3 is 9.47 Å². The summed E-state index contributed by atoms with van der Waals surface area (Å²) in [5.41, 5.74) is 0.541. The smallest absolute Gasteiger partial charge is 0.300 e. The van der Waals surface area contributed by atoms with Gasteiger partial charge in [0.05, 0.1) is 16.6 Å². The Morgan fingerprint density at radius 1 is 1.06 bits per heavy atom. The Bertz CT molecular complexity index is 1310. The second kappa shape index (κ2) is 10.2. The Kier molecular flexibility index (Phi) is 7.70. The highest BCUT2D eigenvalue weighted by molar-refractivity contribution is 7.86. The zero-order valence-corrected chi connectivity index (χ0v) is 21.2. The minimum absolute atomic E-state index is 0.00791. The number of nitrogens with zero attached hydrogens (tertiary/aromatic N) is 2. The van der Waals surface area contributed by atoms with Gasteiger partial charge in [-0.15, -0.1) is 0 Å². The average molecular weight is 507 g/mol. The first-order valence-corrected chi connectivity index (χ1v) is 12.3. The zero-order chi connectivity index (χ0) is 25.1. The van der Waals surface area contributed by atoms with E-state index in [-0.39, 0.29) is 22.3 Å². The van der Waals surface area contributed by atoms with Crippen molar-refractivity contribution in [1.82, 2.24) is 9.78 Å². The van der Waals surface area contributed by atoms with Crippen LogP contribution in [0.1, 0.15) is 38.8 Å². The molecule has 34 heavy (non-hydrogen) atoms. The molecule has 0 amide bonds. The zero-order valence-electron chi connectivity index (χ0n) is 19.6. The van der Waals surface area contributed by atoms with Gasteiger partial charge in [0.2, 0.25) is 6.29 Å². The number of hydrogen-bond acceptors (Lipinski definition) is 7. The molecular formula is C24H27ClN2O6S. The van der Waals surface area contributed by atoms with E-state index in [4.69, 9.17) is 25.3 Å². The van der Waals surface area contributed by atoms with Crippen LogP contribution in [-0.2, 0) is 26.4 Å². The lowest BCUT2D eigenvalue weighted by atomic mass is 10.1. The van der Waals surface area contributed by atoms with Crippen molar-refractivity contribution in [1.29, 1.82) is 0 Å². The molecule has 1 atom stereocenters. The number of rotatable bonds is 8. The van der Waals surface area contributed by atoms with Crippen molar-refractivity contribution in [3.8, 4) is 11.5 Å². The third-order valence-electron chi connectivity index (χ3n) is 4.74. The average Bonchev–Trinajstić information content (AvgIpc) is 2.74. The molecule has 0 N–H and O–H groups in total. The van der Waals surface area contributed by atoms with Gasteiger partial charge >= 0.3 is 0 Å². The Hall–Kier alpha value is -2.88. The van der Waals surface area contributed by atoms with E-state index in [9.17, 15) is 13.2 Å². The monoisotopic (exact) mass is 506 g/mol. The first-order chi connectivity index (χ1) is 15.9. The van der Waals surface area contributed by atoms with E-state index in [0.717, 1.165) is 5.56 Å². The number of ether oxygens (including phenoxy) is 2. The highest BCUT2D eigenvalue weighted by atomic mass is 35.5. The minimum atomic E-state index is -4.01. The number of aryl methyl sites for hydroxylation is 1. The van der Waals surface area contributed by atoms with Crippen molar-refractivity contribution in [3.05, 3.63) is 81.2 Å². The molecule has 10 heteroatoms. The first kappa shape index (κ1) is 25.7. The topological polar surface area (TPSA) is 96.7 Å². The molecule has 3 aromatic rings. The van der Waals surface area contributed by atoms with Gasteiger partial charge in [-0.05, 0) is 52.8 Å². The number of hydrogen-bond donors (Lipinski definition) is 0. The van der Waals surface area contributed by atoms with Crippen molar-refractivity contribution in [3.63, 3.8) is 0 Å². The molecule has 182 valence electrons. The summed E-state index contributed by atoms with van der Waals surface area (Å²) in [6.45, 7) is 8.88. The maximum absolute atomic E-state index is 12.5. The highest BCUT2D eigenvalue weighted by Crippen LogP contribution is 2.26. The summed E-state index contributed by atoms with van der Waals surface area (Å²) in [6.07, 6.45) is 0.284. The van der Waals surface area contributed by atoms with E-state index in [2.05, 4.69) is 5.10 Å². The molecule has 0 bridgehead atoms. The fourth-order valence-corrected chi connectivity index (χ4v) is 4.19. The van der Waals surface area contributed by atoms with Crippen LogP contribution in [-0.4, -0.2) is 24.5 Å². The normalized spacial score (nSPS) is 12.9. The van der Waals surface area contributed by atoms with E-state index in [0.29, 0.717) is 11.3 Å². The Morgan fingerprint density at radius 3 is 2.35 bits per heavy atom. The van der Waals surface area contributed by atoms with Gasteiger partial charge in [0, 0.05) is 5.56 Å². The summed E-state index contributed by atoms with van der Waals surface area (Å²) in [5, 5.41) is 4.07. The van der Waals surface area contributed by atoms with Crippen LogP contribution in [0.3, 0.4) is 0 Å². The third-order valence-corrected chi connectivity index (χ3v) is 6.46. The number of aromatic nitrogens is 2. The van der Waals surface area contributed by atoms with Crippen LogP contribution < -0.4 is 15.0 Å². The quantitative estimate of drug-likeness (QED) is 0.323. The molecule has 8 nitrogen and oxygen atoms in total. The molecule has 1 aromatic heterocycles. The predicted molar refractivity (Wildman–Crippen MR) is 129 cm³/mol. The number of para-hydroxylation sites is 1. The summed E-state index contributed by atoms with van der Waals surface area (Å²) in [7, 11) is -4.01. The van der Waals surface area contributed by atoms with Gasteiger partial charge in [0.25, 0.3) is 15.7 Å². The highest BCUT2D eigenvalue weighted by Gasteiger charge is 2.22. The molecule has 2 aromatic carbocycles. The molecule has 0 fully saturated rings. The molecule has 0 spiro atoms. The summed E-state index contributed by atoms with van der Waals surface area (Å²) in [5.74, 6) is 0.495. The van der Waals surface area contributed by atoms with Crippen LogP contribution >= 0.6 is 11.6 Å². The van der Waals surface area contributed by atoms with E-state index in [1.165, 1.54) is 29.9 Å². The molecule has 0 aliphatic carbocycles. The number of benzene rings is 2. The van der Waals surface area contributed by atoms with E-state index < -0.39 is 27.5 Å². The van der Waals surface area contributed by atoms with Crippen LogP contribution in [0.4, 0.5) is 0 Å². The summed E-state index contributed by atoms with van der Waals surface area (Å²) < 4.78 is 43.0. The van der Waals surface area contributed by atoms with Gasteiger partial charge in [0.15, 0.2) is 10.8 Å². The third kappa shape index (κ3) is 6.16. The second-order valence-corrected chi connectivity index (χ2v) is 10.6. The Labute approximate surface area is 204 Å². The van der Waals surface area contributed by atoms with Crippen LogP contribution in [0.15, 0.2) is 64.4 Å². The lowest BCUT2D eigenvalue weighted by molar-refractivity contribution is 0.0267. The Balaban J connectivity index is 1.72. The van der Waals surface area contributed by atoms with Gasteiger partial charge in [-0.2, -0.15) is 13.5 Å². The van der Waals surface area contributed by atoms with E-state index in [1.807, 2.05) is 27.7 Å². The first-order valence-electron chi connectivity index (χ1n) is 10.5. The van der Waals surface area contributed by atoms with Crippen LogP contribution in [0, 0.1) is 6.92 Å². The minimum Gasteiger partial charge on any atom is -0.485 e. The van der Waals surface area contributed by atoms with Crippen LogP contribution in [0.5, 0.6) is 11.5 Å². The molecule has 0 radical (unpaired) electrons. The maximum atomic E-state index is 12.5. The van der Waals surface area contributed by atoms with E-state index >= 15 is 0 Å².